The average molecular weight is 461 g/mol. The van der Waals surface area contributed by atoms with E-state index in [-0.39, 0.29) is 40.1 Å². The molecule has 3 rings (SSSR count). The molecule has 2 aliphatic rings. The minimum Gasteiger partial charge on any atom is -0.452 e. The predicted octanol–water partition coefficient (Wildman–Crippen LogP) is 1.20. The van der Waals surface area contributed by atoms with Crippen LogP contribution in [0.3, 0.4) is 0 Å². The molecule has 0 aliphatic carbocycles. The molecule has 0 aromatic heterocycles. The van der Waals surface area contributed by atoms with E-state index >= 15 is 0 Å². The lowest BCUT2D eigenvalue weighted by Crippen LogP contribution is -2.46. The zero-order chi connectivity index (χ0) is 21.7. The number of amides is 1. The maximum absolute atomic E-state index is 12.6. The van der Waals surface area contributed by atoms with E-state index in [0.29, 0.717) is 26.3 Å². The van der Waals surface area contributed by atoms with Crippen LogP contribution in [0.5, 0.6) is 0 Å². The van der Waals surface area contributed by atoms with Gasteiger partial charge in [0.1, 0.15) is 4.90 Å². The number of carbonyl (C=O) groups excluding carboxylic acids is 2. The van der Waals surface area contributed by atoms with Crippen molar-refractivity contribution >= 4 is 33.5 Å². The number of nitrogens with one attached hydrogen (secondary N) is 1. The van der Waals surface area contributed by atoms with E-state index in [1.54, 1.807) is 4.90 Å². The van der Waals surface area contributed by atoms with Crippen molar-refractivity contribution in [2.24, 2.45) is 0 Å². The van der Waals surface area contributed by atoms with E-state index in [4.69, 9.17) is 25.8 Å². The normalized spacial score (nSPS) is 22.1. The molecule has 2 unspecified atom stereocenters. The van der Waals surface area contributed by atoms with Crippen molar-refractivity contribution in [1.82, 2.24) is 9.62 Å². The van der Waals surface area contributed by atoms with Crippen molar-refractivity contribution in [2.75, 3.05) is 39.5 Å². The number of hydrogen-bond acceptors (Lipinski definition) is 7. The third-order valence-electron chi connectivity index (χ3n) is 4.90. The van der Waals surface area contributed by atoms with Gasteiger partial charge in [-0.3, -0.25) is 4.79 Å². The van der Waals surface area contributed by atoms with Crippen LogP contribution in [0.15, 0.2) is 23.1 Å². The molecule has 2 atom stereocenters. The summed E-state index contributed by atoms with van der Waals surface area (Å²) < 4.78 is 43.5. The van der Waals surface area contributed by atoms with Gasteiger partial charge in [-0.15, -0.1) is 0 Å². The lowest BCUT2D eigenvalue weighted by molar-refractivity contribution is -0.141. The van der Waals surface area contributed by atoms with Crippen LogP contribution in [0, 0.1) is 0 Å². The van der Waals surface area contributed by atoms with Gasteiger partial charge in [0.2, 0.25) is 10.0 Å². The number of hydrogen-bond donors (Lipinski definition) is 1. The van der Waals surface area contributed by atoms with E-state index < -0.39 is 22.6 Å². The molecule has 166 valence electrons. The summed E-state index contributed by atoms with van der Waals surface area (Å²) in [6.07, 6.45) is 1.40. The molecule has 11 heteroatoms. The molecule has 30 heavy (non-hydrogen) atoms. The first-order chi connectivity index (χ1) is 14.3. The molecule has 1 amide bonds. The first-order valence-electron chi connectivity index (χ1n) is 9.73. The first kappa shape index (κ1) is 23.0. The van der Waals surface area contributed by atoms with E-state index in [9.17, 15) is 18.0 Å². The van der Waals surface area contributed by atoms with Crippen LogP contribution < -0.4 is 4.72 Å². The zero-order valence-electron chi connectivity index (χ0n) is 16.6. The van der Waals surface area contributed by atoms with Crippen molar-refractivity contribution in [3.8, 4) is 0 Å². The summed E-state index contributed by atoms with van der Waals surface area (Å²) in [6.45, 7) is 3.44. The van der Waals surface area contributed by atoms with E-state index in [1.807, 2.05) is 6.92 Å². The van der Waals surface area contributed by atoms with Crippen molar-refractivity contribution in [2.45, 2.75) is 36.9 Å². The molecule has 1 aromatic rings. The summed E-state index contributed by atoms with van der Waals surface area (Å²) in [4.78, 5) is 25.9. The third kappa shape index (κ3) is 5.92. The highest BCUT2D eigenvalue weighted by Crippen LogP contribution is 2.23. The number of ether oxygens (including phenoxy) is 3. The van der Waals surface area contributed by atoms with Gasteiger partial charge in [-0.1, -0.05) is 11.6 Å². The monoisotopic (exact) mass is 460 g/mol. The topological polar surface area (TPSA) is 111 Å². The lowest BCUT2D eigenvalue weighted by atomic mass is 10.2. The van der Waals surface area contributed by atoms with Crippen LogP contribution in [-0.2, 0) is 29.0 Å². The second-order valence-electron chi connectivity index (χ2n) is 7.23. The van der Waals surface area contributed by atoms with Gasteiger partial charge in [0, 0.05) is 26.2 Å². The van der Waals surface area contributed by atoms with Crippen molar-refractivity contribution in [3.05, 3.63) is 28.8 Å². The van der Waals surface area contributed by atoms with Gasteiger partial charge in [0.25, 0.3) is 5.91 Å². The van der Waals surface area contributed by atoms with Gasteiger partial charge in [-0.25, -0.2) is 17.9 Å². The molecule has 1 aromatic carbocycles. The SMILES string of the molecule is CC1CN(C(=O)COC(=O)c2ccc(Cl)c(S(=O)(=O)NCC3CCCO3)c2)CCO1. The van der Waals surface area contributed by atoms with Gasteiger partial charge < -0.3 is 19.1 Å². The summed E-state index contributed by atoms with van der Waals surface area (Å²) in [5, 5.41) is -0.0234. The number of morpholine rings is 1. The molecule has 2 heterocycles. The fraction of sp³-hybridized carbons (Fsp3) is 0.579. The third-order valence-corrected chi connectivity index (χ3v) is 6.81. The zero-order valence-corrected chi connectivity index (χ0v) is 18.2. The highest BCUT2D eigenvalue weighted by Gasteiger charge is 2.25. The standard InChI is InChI=1S/C19H25ClN2O7S/c1-13-11-22(6-8-27-13)18(23)12-29-19(24)14-4-5-16(20)17(9-14)30(25,26)21-10-15-3-2-7-28-15/h4-5,9,13,15,21H,2-3,6-8,10-12H2,1H3. The number of nitrogens with zero attached hydrogens (tertiary/aromatic N) is 1. The summed E-state index contributed by atoms with van der Waals surface area (Å²) in [6, 6.07) is 3.80. The molecule has 9 nitrogen and oxygen atoms in total. The highest BCUT2D eigenvalue weighted by atomic mass is 35.5. The molecule has 2 saturated heterocycles. The number of benzene rings is 1. The molecule has 2 fully saturated rings. The number of halogens is 1. The Morgan fingerprint density at radius 1 is 1.30 bits per heavy atom. The maximum Gasteiger partial charge on any atom is 0.338 e. The molecule has 0 spiro atoms. The minimum atomic E-state index is -3.95. The van der Waals surface area contributed by atoms with Gasteiger partial charge in [-0.05, 0) is 38.0 Å². The Labute approximate surface area is 180 Å². The number of esters is 1. The predicted molar refractivity (Wildman–Crippen MR) is 108 cm³/mol. The summed E-state index contributed by atoms with van der Waals surface area (Å²) in [5.41, 5.74) is -0.0139. The van der Waals surface area contributed by atoms with E-state index in [1.165, 1.54) is 12.1 Å². The van der Waals surface area contributed by atoms with Gasteiger partial charge >= 0.3 is 5.97 Å². The molecule has 0 bridgehead atoms. The number of carbonyl (C=O) groups is 2. The Bertz CT molecular complexity index is 887. The van der Waals surface area contributed by atoms with Crippen LogP contribution in [-0.4, -0.2) is 76.9 Å². The van der Waals surface area contributed by atoms with Crippen molar-refractivity contribution in [3.63, 3.8) is 0 Å². The average Bonchev–Trinajstić information content (AvgIpc) is 3.24. The highest BCUT2D eigenvalue weighted by molar-refractivity contribution is 7.89. The number of rotatable bonds is 7. The van der Waals surface area contributed by atoms with E-state index in [0.717, 1.165) is 18.9 Å². The molecule has 0 saturated carbocycles. The second kappa shape index (κ2) is 10.1. The van der Waals surface area contributed by atoms with Gasteiger partial charge in [0.15, 0.2) is 6.61 Å². The fourth-order valence-corrected chi connectivity index (χ4v) is 4.86. The molecule has 2 aliphatic heterocycles. The molecular formula is C19H25ClN2O7S. The maximum atomic E-state index is 12.6. The fourth-order valence-electron chi connectivity index (χ4n) is 3.27. The van der Waals surface area contributed by atoms with Crippen molar-refractivity contribution < 1.29 is 32.2 Å². The summed E-state index contributed by atoms with van der Waals surface area (Å²) >= 11 is 6.05. The van der Waals surface area contributed by atoms with E-state index in [2.05, 4.69) is 4.72 Å². The lowest BCUT2D eigenvalue weighted by Gasteiger charge is -2.30. The quantitative estimate of drug-likeness (QED) is 0.608. The van der Waals surface area contributed by atoms with Crippen LogP contribution >= 0.6 is 11.6 Å². The summed E-state index contributed by atoms with van der Waals surface area (Å²) in [5.74, 6) is -1.14. The van der Waals surface area contributed by atoms with Gasteiger partial charge in [0.05, 0.1) is 29.4 Å². The van der Waals surface area contributed by atoms with Crippen LogP contribution in [0.4, 0.5) is 0 Å². The second-order valence-corrected chi connectivity index (χ2v) is 9.37. The largest absolute Gasteiger partial charge is 0.452 e. The van der Waals surface area contributed by atoms with Crippen LogP contribution in [0.25, 0.3) is 0 Å². The van der Waals surface area contributed by atoms with Crippen LogP contribution in [0.2, 0.25) is 5.02 Å². The Morgan fingerprint density at radius 3 is 2.80 bits per heavy atom. The molecular weight excluding hydrogens is 436 g/mol. The molecule has 0 radical (unpaired) electrons. The number of sulfonamides is 1. The van der Waals surface area contributed by atoms with Crippen molar-refractivity contribution in [1.29, 1.82) is 0 Å². The Hall–Kier alpha value is -1.72. The molecule has 1 N–H and O–H groups in total. The minimum absolute atomic E-state index is 0.0139. The Kier molecular flexibility index (Phi) is 7.70. The summed E-state index contributed by atoms with van der Waals surface area (Å²) in [7, 11) is -3.95. The Morgan fingerprint density at radius 2 is 2.10 bits per heavy atom. The van der Waals surface area contributed by atoms with Crippen LogP contribution in [0.1, 0.15) is 30.1 Å². The smallest absolute Gasteiger partial charge is 0.338 e. The first-order valence-corrected chi connectivity index (χ1v) is 11.6. The Balaban J connectivity index is 1.61. The van der Waals surface area contributed by atoms with Gasteiger partial charge in [-0.2, -0.15) is 0 Å².